The van der Waals surface area contributed by atoms with Gasteiger partial charge < -0.3 is 137 Å². The number of ether oxygens (including phenoxy) is 2. The highest BCUT2D eigenvalue weighted by Crippen LogP contribution is 2.28. The maximum Gasteiger partial charge on any atom is 0.317 e. The van der Waals surface area contributed by atoms with Crippen LogP contribution in [0.4, 0.5) is 0 Å². The maximum atomic E-state index is 15.6. The molecular weight excluding hydrogens is 1920 g/mol. The second kappa shape index (κ2) is 65.9. The fourth-order valence-electron chi connectivity index (χ4n) is 17.4. The molecule has 28 N–H and O–H groups in total. The molecule has 6 heterocycles. The van der Waals surface area contributed by atoms with Crippen molar-refractivity contribution in [2.75, 3.05) is 98.4 Å². The minimum atomic E-state index is -2.07. The number of unbranched alkanes of at least 4 members (excludes halogenated alkanes) is 14. The molecule has 0 aliphatic carbocycles. The van der Waals surface area contributed by atoms with Crippen molar-refractivity contribution in [1.82, 2.24) is 120 Å². The number of aromatic amines is 2. The van der Waals surface area contributed by atoms with Gasteiger partial charge in [0.1, 0.15) is 78.9 Å². The molecule has 3 fully saturated rings. The van der Waals surface area contributed by atoms with E-state index in [-0.39, 0.29) is 174 Å². The van der Waals surface area contributed by atoms with E-state index in [1.54, 1.807) is 42.8 Å². The Morgan fingerprint density at radius 3 is 1.78 bits per heavy atom. The number of para-hydroxylation sites is 1. The van der Waals surface area contributed by atoms with Crippen molar-refractivity contribution in [2.24, 2.45) is 22.2 Å². The Morgan fingerprint density at radius 1 is 0.558 bits per heavy atom. The minimum absolute atomic E-state index is 0.00502. The second-order valence-electron chi connectivity index (χ2n) is 36.7. The molecule has 53 heteroatoms. The molecule has 16 amide bonds. The molecule has 4 aliphatic heterocycles. The predicted molar refractivity (Wildman–Crippen MR) is 530 cm³/mol. The number of amides is 16. The van der Waals surface area contributed by atoms with Gasteiger partial charge in [-0.05, 0) is 131 Å². The number of carbonyl (C=O) groups excluding carboxylic acids is 16. The predicted octanol–water partition coefficient (Wildman–Crippen LogP) is -3.76. The highest BCUT2D eigenvalue weighted by Gasteiger charge is 2.46. The number of likely N-dealkylation sites (tertiary alicyclic amines) is 2. The van der Waals surface area contributed by atoms with Gasteiger partial charge in [-0.25, -0.2) is 5.10 Å². The number of guanidine groups is 2. The van der Waals surface area contributed by atoms with E-state index in [2.05, 4.69) is 110 Å². The van der Waals surface area contributed by atoms with E-state index in [9.17, 15) is 92.0 Å². The minimum Gasteiger partial charge on any atom is -0.481 e. The molecule has 3 saturated heterocycles. The van der Waals surface area contributed by atoms with Crippen molar-refractivity contribution in [2.45, 2.75) is 292 Å². The van der Waals surface area contributed by atoms with Gasteiger partial charge >= 0.3 is 17.9 Å². The molecular formula is C94H147N29O24. The Balaban J connectivity index is 0.993. The fourth-order valence-corrected chi connectivity index (χ4v) is 17.4. The number of aliphatic carboxylic acids is 3. The summed E-state index contributed by atoms with van der Waals surface area (Å²) in [5, 5.41) is 97.8. The van der Waals surface area contributed by atoms with Crippen LogP contribution in [-0.4, -0.2) is 351 Å². The number of rotatable bonds is 64. The van der Waals surface area contributed by atoms with Gasteiger partial charge in [-0.1, -0.05) is 94.9 Å². The third-order valence-electron chi connectivity index (χ3n) is 24.9. The molecule has 0 spiro atoms. The van der Waals surface area contributed by atoms with Gasteiger partial charge in [-0.3, -0.25) is 112 Å². The molecule has 0 bridgehead atoms. The molecule has 147 heavy (non-hydrogen) atoms. The van der Waals surface area contributed by atoms with Gasteiger partial charge in [0.15, 0.2) is 11.9 Å². The van der Waals surface area contributed by atoms with E-state index in [1.165, 1.54) is 51.4 Å². The Bertz CT molecular complexity index is 4950. The normalized spacial score (nSPS) is 18.7. The Kier molecular flexibility index (Phi) is 53.6. The number of hydrogen-bond acceptors (Lipinski definition) is 28. The summed E-state index contributed by atoms with van der Waals surface area (Å²) in [5.41, 5.74) is 18.4. The van der Waals surface area contributed by atoms with Crippen LogP contribution in [0.3, 0.4) is 0 Å². The van der Waals surface area contributed by atoms with Gasteiger partial charge in [0.25, 0.3) is 0 Å². The lowest BCUT2D eigenvalue weighted by atomic mass is 10.0. The molecule has 4 aliphatic rings. The monoisotopic (exact) mass is 2070 g/mol. The smallest absolute Gasteiger partial charge is 0.317 e. The summed E-state index contributed by atoms with van der Waals surface area (Å²) >= 11 is 0. The number of H-pyrrole nitrogens is 2. The topological polar surface area (TPSA) is 802 Å². The number of carboxylic acid groups (broad SMARTS) is 3. The van der Waals surface area contributed by atoms with Crippen LogP contribution >= 0.6 is 0 Å². The van der Waals surface area contributed by atoms with Crippen molar-refractivity contribution in [3.8, 4) is 0 Å². The van der Waals surface area contributed by atoms with Crippen molar-refractivity contribution >= 4 is 141 Å². The lowest BCUT2D eigenvalue weighted by Crippen LogP contribution is -2.62. The number of carbonyl (C=O) groups is 19. The first-order valence-corrected chi connectivity index (χ1v) is 50.4. The standard InChI is InChI=1S/C94H147N29O24/c1-58(124)108-69-50-76(126)106-53-71(116-87(140)67(48-59-52-105-62-28-16-15-27-61(59)62)113-84(137)64(31-22-39-103-93(96)97)109-77(127)54-107-83(136)68(114-88(69)141)49-60-26-21-38-100-60)91(144)123-44-25-34-73(123)92(145)122-43-24-33-72(122)90(143)112-66(32-23-40-104-94(98)99)86(139)115-70(51-79(129)130)89(142)111-65(30-18-20-42-121(55-80(131)132)56-81(133)134)85(138)110-63(82(95)135)29-17-19-37-101-78(128)57-147-47-46-146-45-41-102-75(125)36-14-12-10-8-6-4-2-3-5-7-9-11-13-35-74-117-119-120-118-74/h15-16,26-28,38,52,63-73,105H,2-14,17-25,29-37,39-51,53-57H2,1H3,(H2,95,135)(H,101,128)(H,102,125)(H,106,126)(H,107,136)(H,108,124)(H,109,127)(H,110,138)(H,111,142)(H,112,143)(H,113,137)(H,114,141)(H,115,139)(H,116,140)(H,129,130)(H,131,132)(H,133,134)(H4,96,97,103)(H4,98,99,104)(H,117,118,119,120)/t63-,64-,65-,66-,67-,68-,69-,70-,71-,72-,73-/m0/s1. The number of allylic oxidation sites excluding steroid dienone is 1. The Morgan fingerprint density at radius 2 is 1.14 bits per heavy atom. The number of carboxylic acids is 3. The first kappa shape index (κ1) is 120. The van der Waals surface area contributed by atoms with E-state index < -0.39 is 224 Å². The Hall–Kier alpha value is -14.4. The summed E-state index contributed by atoms with van der Waals surface area (Å²) in [4.78, 5) is 274. The zero-order valence-corrected chi connectivity index (χ0v) is 83.3. The second-order valence-corrected chi connectivity index (χ2v) is 36.7. The molecule has 0 unspecified atom stereocenters. The van der Waals surface area contributed by atoms with Gasteiger partial charge in [0.2, 0.25) is 94.5 Å². The van der Waals surface area contributed by atoms with Crippen LogP contribution in [0.1, 0.15) is 224 Å². The van der Waals surface area contributed by atoms with Crippen LogP contribution in [0.15, 0.2) is 47.2 Å². The molecule has 1 aromatic carbocycles. The molecule has 11 atom stereocenters. The number of aliphatic imine (C=N–C) groups is 1. The number of benzene rings is 1. The first-order valence-electron chi connectivity index (χ1n) is 50.4. The van der Waals surface area contributed by atoms with Crippen LogP contribution in [0.5, 0.6) is 0 Å². The third-order valence-corrected chi connectivity index (χ3v) is 24.9. The van der Waals surface area contributed by atoms with Crippen molar-refractivity contribution in [1.29, 1.82) is 10.8 Å². The maximum absolute atomic E-state index is 15.6. The number of aromatic nitrogens is 5. The lowest BCUT2D eigenvalue weighted by Gasteiger charge is -2.34. The molecule has 812 valence electrons. The summed E-state index contributed by atoms with van der Waals surface area (Å²) in [6.45, 7) is -1.90. The van der Waals surface area contributed by atoms with Gasteiger partial charge in [0, 0.05) is 114 Å². The summed E-state index contributed by atoms with van der Waals surface area (Å²) in [5.74, 6) is -19.0. The third kappa shape index (κ3) is 45.8. The first-order chi connectivity index (χ1) is 70.5. The molecule has 3 aromatic rings. The summed E-state index contributed by atoms with van der Waals surface area (Å²) in [6.07, 6.45) is 18.5. The zero-order valence-electron chi connectivity index (χ0n) is 83.3. The van der Waals surface area contributed by atoms with Crippen LogP contribution in [-0.2, 0) is 113 Å². The van der Waals surface area contributed by atoms with Gasteiger partial charge in [-0.15, -0.1) is 5.10 Å². The van der Waals surface area contributed by atoms with Crippen molar-refractivity contribution in [3.63, 3.8) is 0 Å². The highest BCUT2D eigenvalue weighted by atomic mass is 16.5. The van der Waals surface area contributed by atoms with Crippen LogP contribution in [0.2, 0.25) is 0 Å². The average Bonchev–Trinajstić information content (AvgIpc) is 1.65. The summed E-state index contributed by atoms with van der Waals surface area (Å²) in [6, 6.07) is -10.9. The van der Waals surface area contributed by atoms with E-state index in [4.69, 9.17) is 37.5 Å². The summed E-state index contributed by atoms with van der Waals surface area (Å²) < 4.78 is 11.0. The van der Waals surface area contributed by atoms with Gasteiger partial charge in [-0.2, -0.15) is 0 Å². The SMILES string of the molecule is CC(=O)N[C@H]1CC(=O)NC[C@@H](C(=O)N2CCC[C@H]2C(=O)N2CCC[C@H]2C(=O)N[C@@H](CCCNC(=N)N)C(=O)N[C@@H](CC(=O)O)C(=O)N[C@@H](CCCCN(CC(=O)O)CC(=O)O)C(=O)N[C@@H](CCCCNC(=O)COCCOCCNC(=O)CCCCCCCCCCCCCCCc2nnn[nH]2)C(N)=O)NC(=O)[C@H](Cc2c[nH]c3ccccc23)NC(=O)[C@H](CCCNC(=N)N)NC(=O)CNC(=O)[C@H](CC2=CCC=N2)NC1=O. The van der Waals surface area contributed by atoms with Crippen molar-refractivity contribution in [3.05, 3.63) is 53.6 Å². The largest absolute Gasteiger partial charge is 0.481 e. The number of primary amides is 1. The number of aryl methyl sites for hydroxylation is 1. The fraction of sp³-hybridized carbons (Fsp3) is 0.649. The number of hydrogen-bond donors (Lipinski definition) is 25. The van der Waals surface area contributed by atoms with E-state index in [1.807, 2.05) is 0 Å². The zero-order chi connectivity index (χ0) is 107. The molecule has 2 aromatic heterocycles. The average molecular weight is 2070 g/mol. The van der Waals surface area contributed by atoms with E-state index >= 15 is 14.4 Å². The molecule has 0 saturated carbocycles. The van der Waals surface area contributed by atoms with Crippen LogP contribution < -0.4 is 97.0 Å². The van der Waals surface area contributed by atoms with Gasteiger partial charge in [0.05, 0.1) is 52.3 Å². The molecule has 7 rings (SSSR count). The number of nitrogens with one attached hydrogen (secondary N) is 19. The number of fused-ring (bicyclic) bond motifs is 1. The van der Waals surface area contributed by atoms with E-state index in [0.717, 1.165) is 66.0 Å². The number of nitrogens with two attached hydrogens (primary N) is 3. The van der Waals surface area contributed by atoms with Crippen LogP contribution in [0, 0.1) is 10.8 Å². The quantitative estimate of drug-likeness (QED) is 0.0147. The molecule has 0 radical (unpaired) electrons. The van der Waals surface area contributed by atoms with E-state index in [0.29, 0.717) is 41.5 Å². The van der Waals surface area contributed by atoms with Crippen LogP contribution in [0.25, 0.3) is 10.9 Å². The van der Waals surface area contributed by atoms with Crippen molar-refractivity contribution < 1.29 is 116 Å². The summed E-state index contributed by atoms with van der Waals surface area (Å²) in [7, 11) is 0. The Labute approximate surface area is 850 Å². The molecule has 53 nitrogen and oxygen atoms in total. The number of nitrogens with zero attached hydrogens (tertiary/aromatic N) is 7. The lowest BCUT2D eigenvalue weighted by molar-refractivity contribution is -0.148. The number of tetrazole rings is 1. The highest BCUT2D eigenvalue weighted by molar-refractivity contribution is 6.02.